The lowest BCUT2D eigenvalue weighted by molar-refractivity contribution is -0.227. The number of aliphatic hydroxyl groups is 3. The first-order valence-corrected chi connectivity index (χ1v) is 21.5. The van der Waals surface area contributed by atoms with E-state index in [0.717, 1.165) is 37.5 Å². The molecule has 58 heavy (non-hydrogen) atoms. The predicted octanol–water partition coefficient (Wildman–Crippen LogP) is 4.16. The van der Waals surface area contributed by atoms with Crippen molar-refractivity contribution in [3.8, 4) is 17.2 Å². The van der Waals surface area contributed by atoms with E-state index >= 15 is 0 Å². The Balaban J connectivity index is 1.26. The molecule has 1 aliphatic carbocycles. The minimum atomic E-state index is -2.38. The van der Waals surface area contributed by atoms with E-state index in [2.05, 4.69) is 5.32 Å². The first-order valence-electron chi connectivity index (χ1n) is 19.0. The molecule has 2 aliphatic rings. The lowest BCUT2D eigenvalue weighted by Crippen LogP contribution is -2.55. The maximum Gasteiger partial charge on any atom is 0.407 e. The Morgan fingerprint density at radius 2 is 1.67 bits per heavy atom. The summed E-state index contributed by atoms with van der Waals surface area (Å²) in [7, 11) is 4.53. The first-order chi connectivity index (χ1) is 27.4. The highest BCUT2D eigenvalue weighted by atomic mass is 33.1. The Hall–Kier alpha value is -3.91. The summed E-state index contributed by atoms with van der Waals surface area (Å²) in [4.78, 5) is 63.6. The molecule has 0 aromatic heterocycles. The summed E-state index contributed by atoms with van der Waals surface area (Å²) in [6.45, 7) is 3.73. The molecule has 1 aliphatic heterocycles. The maximum atomic E-state index is 13.5. The number of rotatable bonds is 22. The average Bonchev–Trinajstić information content (AvgIpc) is 3.18. The number of aliphatic carboxylic acids is 1. The summed E-state index contributed by atoms with van der Waals surface area (Å²) in [5, 5.41) is 65.9. The van der Waals surface area contributed by atoms with Crippen molar-refractivity contribution in [2.75, 3.05) is 38.4 Å². The van der Waals surface area contributed by atoms with Crippen LogP contribution in [0.2, 0.25) is 0 Å². The molecule has 16 nitrogen and oxygen atoms in total. The zero-order valence-corrected chi connectivity index (χ0v) is 34.6. The smallest absolute Gasteiger partial charge is 0.407 e. The second-order valence-corrected chi connectivity index (χ2v) is 17.7. The highest BCUT2D eigenvalue weighted by Gasteiger charge is 2.42. The van der Waals surface area contributed by atoms with Crippen LogP contribution in [0.25, 0.3) is 0 Å². The van der Waals surface area contributed by atoms with E-state index in [4.69, 9.17) is 18.9 Å². The van der Waals surface area contributed by atoms with Crippen molar-refractivity contribution >= 4 is 51.0 Å². The highest BCUT2D eigenvalue weighted by Crippen LogP contribution is 2.43. The van der Waals surface area contributed by atoms with Crippen LogP contribution in [0.4, 0.5) is 4.79 Å². The third kappa shape index (κ3) is 11.4. The summed E-state index contributed by atoms with van der Waals surface area (Å²) in [6.07, 6.45) is -0.336. The molecule has 320 valence electrons. The summed E-state index contributed by atoms with van der Waals surface area (Å²) >= 11 is 0. The van der Waals surface area contributed by atoms with Crippen LogP contribution in [0.3, 0.4) is 0 Å². The largest absolute Gasteiger partial charge is 0.507 e. The summed E-state index contributed by atoms with van der Waals surface area (Å²) in [5.74, 6) is -3.25. The van der Waals surface area contributed by atoms with Gasteiger partial charge in [-0.2, -0.15) is 0 Å². The lowest BCUT2D eigenvalue weighted by Gasteiger charge is -2.38. The molecule has 18 heteroatoms. The van der Waals surface area contributed by atoms with Gasteiger partial charge in [0.2, 0.25) is 5.78 Å². The van der Waals surface area contributed by atoms with Crippen LogP contribution in [0, 0.1) is 5.41 Å². The zero-order chi connectivity index (χ0) is 42.8. The molecule has 7 N–H and O–H groups in total. The minimum Gasteiger partial charge on any atom is -0.507 e. The number of hydrogen-bond acceptors (Lipinski definition) is 16. The fraction of sp³-hybridized carbons (Fsp3) is 0.575. The molecule has 1 fully saturated rings. The molecule has 0 radical (unpaired) electrons. The van der Waals surface area contributed by atoms with Gasteiger partial charge < -0.3 is 54.9 Å². The van der Waals surface area contributed by atoms with E-state index in [1.165, 1.54) is 25.3 Å². The van der Waals surface area contributed by atoms with Gasteiger partial charge in [0.15, 0.2) is 17.9 Å². The number of alkyl carbamates (subject to hydrolysis) is 1. The van der Waals surface area contributed by atoms with E-state index in [-0.39, 0.29) is 42.1 Å². The zero-order valence-electron chi connectivity index (χ0n) is 33.0. The van der Waals surface area contributed by atoms with Crippen LogP contribution in [-0.2, 0) is 30.2 Å². The molecular weight excluding hydrogens is 799 g/mol. The van der Waals surface area contributed by atoms with Crippen LogP contribution < -0.4 is 10.1 Å². The van der Waals surface area contributed by atoms with Gasteiger partial charge in [-0.1, -0.05) is 53.0 Å². The second kappa shape index (κ2) is 20.9. The van der Waals surface area contributed by atoms with E-state index < -0.39 is 107 Å². The van der Waals surface area contributed by atoms with Crippen molar-refractivity contribution in [3.63, 3.8) is 0 Å². The number of carboxylic acids is 1. The summed E-state index contributed by atoms with van der Waals surface area (Å²) < 4.78 is 22.0. The lowest BCUT2D eigenvalue weighted by atomic mass is 9.79. The number of unbranched alkanes of at least 4 members (excludes halogenated alkanes) is 3. The Morgan fingerprint density at radius 1 is 0.966 bits per heavy atom. The van der Waals surface area contributed by atoms with E-state index in [0.29, 0.717) is 12.2 Å². The van der Waals surface area contributed by atoms with Crippen molar-refractivity contribution < 1.29 is 73.6 Å². The number of benzene rings is 2. The fourth-order valence-corrected chi connectivity index (χ4v) is 8.77. The minimum absolute atomic E-state index is 0.0206. The Morgan fingerprint density at radius 3 is 2.36 bits per heavy atom. The number of phenols is 2. The number of ketones is 3. The quantitative estimate of drug-likeness (QED) is 0.0426. The number of aromatic hydroxyl groups is 2. The van der Waals surface area contributed by atoms with Crippen LogP contribution in [-0.4, -0.2) is 129 Å². The number of hydrogen-bond donors (Lipinski definition) is 7. The molecular formula is C40H53NO15S2. The van der Waals surface area contributed by atoms with Gasteiger partial charge in [-0.25, -0.2) is 4.79 Å². The first kappa shape index (κ1) is 46.8. The van der Waals surface area contributed by atoms with Gasteiger partial charge in [-0.05, 0) is 45.7 Å². The van der Waals surface area contributed by atoms with Crippen molar-refractivity contribution in [3.05, 3.63) is 52.1 Å². The van der Waals surface area contributed by atoms with Crippen molar-refractivity contribution in [2.24, 2.45) is 5.41 Å². The normalized spacial score (nSPS) is 20.1. The number of fused-ring (bicyclic) bond motifs is 2. The number of Topliss-reactive ketones (excluding diaryl/α,β-unsaturated/α-hetero) is 1. The molecule has 0 unspecified atom stereocenters. The van der Waals surface area contributed by atoms with Crippen molar-refractivity contribution in [1.82, 2.24) is 5.32 Å². The third-order valence-corrected chi connectivity index (χ3v) is 12.8. The number of nitrogens with one attached hydrogen (secondary N) is 1. The van der Waals surface area contributed by atoms with Crippen LogP contribution in [0.5, 0.6) is 17.2 Å². The average molecular weight is 852 g/mol. The number of amides is 1. The van der Waals surface area contributed by atoms with E-state index in [9.17, 15) is 54.6 Å². The van der Waals surface area contributed by atoms with E-state index in [1.54, 1.807) is 42.4 Å². The molecule has 1 amide bonds. The SMILES string of the molecule is COc1cccc2c1C(=O)c1c(O)cc(C[C@](O)(CCO[C@H]3C[C@H](NC(=O)OCCSSCCCCCCC(C)(C)C(=O)O)[C@H](O)[C@H](C)O3)C(=O)CO)c(O)c1C2=O. The Kier molecular flexibility index (Phi) is 16.8. The van der Waals surface area contributed by atoms with Gasteiger partial charge in [0.05, 0.1) is 48.0 Å². The monoisotopic (exact) mass is 851 g/mol. The molecule has 1 heterocycles. The Labute approximate surface area is 344 Å². The van der Waals surface area contributed by atoms with Crippen molar-refractivity contribution in [1.29, 1.82) is 0 Å². The van der Waals surface area contributed by atoms with Gasteiger partial charge in [-0.3, -0.25) is 19.2 Å². The highest BCUT2D eigenvalue weighted by molar-refractivity contribution is 8.76. The van der Waals surface area contributed by atoms with Gasteiger partial charge in [0.1, 0.15) is 42.2 Å². The second-order valence-electron chi connectivity index (χ2n) is 15.0. The van der Waals surface area contributed by atoms with Gasteiger partial charge in [0.25, 0.3) is 0 Å². The summed E-state index contributed by atoms with van der Waals surface area (Å²) in [6, 6.07) is 4.46. The van der Waals surface area contributed by atoms with Gasteiger partial charge in [0, 0.05) is 41.9 Å². The number of carbonyl (C=O) groups is 5. The maximum absolute atomic E-state index is 13.5. The molecule has 2 aromatic rings. The van der Waals surface area contributed by atoms with Crippen LogP contribution in [0.1, 0.15) is 103 Å². The number of carboxylic acid groups (broad SMARTS) is 1. The number of ether oxygens (including phenoxy) is 4. The molecule has 5 atom stereocenters. The van der Waals surface area contributed by atoms with Crippen molar-refractivity contribution in [2.45, 2.75) is 102 Å². The molecule has 2 aromatic carbocycles. The molecule has 1 saturated heterocycles. The number of aliphatic hydroxyl groups excluding tert-OH is 2. The number of phenolic OH excluding ortho intramolecular Hbond substituents is 2. The number of carbonyl (C=O) groups excluding carboxylic acids is 4. The third-order valence-electron chi connectivity index (χ3n) is 10.3. The Bertz CT molecular complexity index is 1820. The number of methoxy groups -OCH3 is 1. The summed E-state index contributed by atoms with van der Waals surface area (Å²) in [5.41, 5.74) is -4.47. The molecule has 0 spiro atoms. The topological polar surface area (TPSA) is 256 Å². The van der Waals surface area contributed by atoms with Gasteiger partial charge >= 0.3 is 12.1 Å². The molecule has 4 rings (SSSR count). The van der Waals surface area contributed by atoms with Gasteiger partial charge in [-0.15, -0.1) is 0 Å². The predicted molar refractivity (Wildman–Crippen MR) is 214 cm³/mol. The molecule has 0 saturated carbocycles. The molecule has 0 bridgehead atoms. The van der Waals surface area contributed by atoms with Crippen LogP contribution >= 0.6 is 21.6 Å². The fourth-order valence-electron chi connectivity index (χ4n) is 6.80. The van der Waals surface area contributed by atoms with E-state index in [1.807, 2.05) is 0 Å². The standard InChI is InChI=1S/C40H53NO15S2/c1-22-33(45)25(41-38(51)55-15-17-58-57-16-8-6-5-7-12-39(2,3)37(49)50)19-29(56-22)54-14-13-40(52,28(44)21-42)20-23-18-26(43)31-32(34(23)46)35(47)24-10-9-11-27(53-4)30(24)36(31)48/h9-11,18,22,25,29,33,42-43,45-46,52H,5-8,12-17,19-21H2,1-4H3,(H,41,51)(H,49,50)/t22-,25-,29+,33+,40+/m0/s1. The van der Waals surface area contributed by atoms with Crippen LogP contribution in [0.15, 0.2) is 24.3 Å².